The highest BCUT2D eigenvalue weighted by molar-refractivity contribution is 6.37. The molecule has 20 heavy (non-hydrogen) atoms. The number of aryl methyl sites for hydroxylation is 1. The summed E-state index contributed by atoms with van der Waals surface area (Å²) in [7, 11) is 0. The quantitative estimate of drug-likeness (QED) is 0.675. The third-order valence-corrected chi connectivity index (χ3v) is 3.13. The van der Waals surface area contributed by atoms with Crippen molar-refractivity contribution in [2.24, 2.45) is 5.10 Å². The number of hydrogen-bond donors (Lipinski definition) is 2. The molecule has 1 aromatic carbocycles. The number of hydrazone groups is 1. The summed E-state index contributed by atoms with van der Waals surface area (Å²) in [5, 5.41) is 11.6. The minimum atomic E-state index is -0.390. The second-order valence-electron chi connectivity index (χ2n) is 4.20. The number of amides is 1. The monoisotopic (exact) mass is 310 g/mol. The number of nitrogens with zero attached hydrogens (tertiary/aromatic N) is 2. The van der Waals surface area contributed by atoms with Crippen LogP contribution in [0.25, 0.3) is 0 Å². The van der Waals surface area contributed by atoms with Crippen LogP contribution < -0.4 is 5.43 Å². The molecule has 0 radical (unpaired) electrons. The summed E-state index contributed by atoms with van der Waals surface area (Å²) in [6.07, 6.45) is 0. The Bertz CT molecular complexity index is 679. The fourth-order valence-corrected chi connectivity index (χ4v) is 2.11. The Kier molecular flexibility index (Phi) is 4.42. The van der Waals surface area contributed by atoms with E-state index >= 15 is 0 Å². The summed E-state index contributed by atoms with van der Waals surface area (Å²) >= 11 is 11.9. The fourth-order valence-electron chi connectivity index (χ4n) is 1.57. The average Bonchev–Trinajstić information content (AvgIpc) is 2.82. The molecule has 0 saturated heterocycles. The van der Waals surface area contributed by atoms with Crippen LogP contribution in [0, 0.1) is 6.92 Å². The van der Waals surface area contributed by atoms with E-state index in [0.717, 1.165) is 5.69 Å². The standard InChI is InChI=1S/C13H12Cl2N4O/c1-7-5-12(18-16-7)13(20)19-17-8(2)10-4-3-9(14)6-11(10)15/h3-6H,1-2H3,(H,16,18)(H,19,20)/b17-8+. The molecule has 1 amide bonds. The van der Waals surface area contributed by atoms with Gasteiger partial charge in [0, 0.05) is 16.3 Å². The summed E-state index contributed by atoms with van der Waals surface area (Å²) in [6.45, 7) is 3.55. The van der Waals surface area contributed by atoms with E-state index in [1.54, 1.807) is 31.2 Å². The Morgan fingerprint density at radius 1 is 1.35 bits per heavy atom. The molecule has 0 fully saturated rings. The molecule has 2 aromatic rings. The number of rotatable bonds is 3. The second-order valence-corrected chi connectivity index (χ2v) is 5.04. The molecule has 5 nitrogen and oxygen atoms in total. The van der Waals surface area contributed by atoms with Gasteiger partial charge in [-0.3, -0.25) is 9.89 Å². The third kappa shape index (κ3) is 3.37. The molecule has 7 heteroatoms. The van der Waals surface area contributed by atoms with Gasteiger partial charge < -0.3 is 0 Å². The first kappa shape index (κ1) is 14.6. The van der Waals surface area contributed by atoms with Gasteiger partial charge in [-0.25, -0.2) is 5.43 Å². The Labute approximate surface area is 126 Å². The van der Waals surface area contributed by atoms with Crippen LogP contribution in [0.3, 0.4) is 0 Å². The Hall–Kier alpha value is -1.85. The average molecular weight is 311 g/mol. The Morgan fingerprint density at radius 3 is 2.70 bits per heavy atom. The number of aromatic nitrogens is 2. The number of halogens is 2. The van der Waals surface area contributed by atoms with E-state index in [0.29, 0.717) is 21.3 Å². The molecule has 0 aliphatic heterocycles. The summed E-state index contributed by atoms with van der Waals surface area (Å²) < 4.78 is 0. The van der Waals surface area contributed by atoms with Gasteiger partial charge >= 0.3 is 0 Å². The van der Waals surface area contributed by atoms with E-state index in [1.165, 1.54) is 0 Å². The van der Waals surface area contributed by atoms with E-state index in [2.05, 4.69) is 20.7 Å². The lowest BCUT2D eigenvalue weighted by Gasteiger charge is -2.04. The zero-order valence-electron chi connectivity index (χ0n) is 10.9. The van der Waals surface area contributed by atoms with Gasteiger partial charge in [-0.1, -0.05) is 29.3 Å². The maximum Gasteiger partial charge on any atom is 0.291 e. The molecule has 0 aliphatic carbocycles. The van der Waals surface area contributed by atoms with Crippen molar-refractivity contribution >= 4 is 34.8 Å². The number of H-pyrrole nitrogens is 1. The Balaban J connectivity index is 2.13. The van der Waals surface area contributed by atoms with Gasteiger partial charge in [0.2, 0.25) is 0 Å². The number of nitrogens with one attached hydrogen (secondary N) is 2. The molecule has 0 spiro atoms. The summed E-state index contributed by atoms with van der Waals surface area (Å²) in [4.78, 5) is 11.8. The Morgan fingerprint density at radius 2 is 2.10 bits per heavy atom. The molecule has 0 unspecified atom stereocenters. The van der Waals surface area contributed by atoms with E-state index in [9.17, 15) is 4.79 Å². The number of carbonyl (C=O) groups excluding carboxylic acids is 1. The predicted molar refractivity (Wildman–Crippen MR) is 79.5 cm³/mol. The van der Waals surface area contributed by atoms with Gasteiger partial charge in [-0.2, -0.15) is 10.2 Å². The minimum absolute atomic E-state index is 0.279. The van der Waals surface area contributed by atoms with Crippen LogP contribution in [0.5, 0.6) is 0 Å². The van der Waals surface area contributed by atoms with Crippen molar-refractivity contribution in [1.29, 1.82) is 0 Å². The van der Waals surface area contributed by atoms with Crippen LogP contribution in [0.15, 0.2) is 29.4 Å². The summed E-state index contributed by atoms with van der Waals surface area (Å²) in [5.41, 5.74) is 4.79. The van der Waals surface area contributed by atoms with Gasteiger partial charge in [0.1, 0.15) is 0 Å². The molecule has 104 valence electrons. The van der Waals surface area contributed by atoms with Crippen molar-refractivity contribution in [3.05, 3.63) is 51.3 Å². The van der Waals surface area contributed by atoms with Crippen LogP contribution in [-0.4, -0.2) is 21.8 Å². The zero-order chi connectivity index (χ0) is 14.7. The van der Waals surface area contributed by atoms with Gasteiger partial charge in [0.25, 0.3) is 5.91 Å². The van der Waals surface area contributed by atoms with Crippen LogP contribution in [0.4, 0.5) is 0 Å². The highest BCUT2D eigenvalue weighted by atomic mass is 35.5. The molecule has 2 N–H and O–H groups in total. The van der Waals surface area contributed by atoms with E-state index in [4.69, 9.17) is 23.2 Å². The molecule has 0 bridgehead atoms. The van der Waals surface area contributed by atoms with Crippen molar-refractivity contribution in [2.75, 3.05) is 0 Å². The van der Waals surface area contributed by atoms with Crippen molar-refractivity contribution < 1.29 is 4.79 Å². The number of benzene rings is 1. The molecular weight excluding hydrogens is 299 g/mol. The van der Waals surface area contributed by atoms with Gasteiger partial charge in [0.15, 0.2) is 5.69 Å². The lowest BCUT2D eigenvalue weighted by molar-refractivity contribution is 0.0950. The number of hydrogen-bond acceptors (Lipinski definition) is 3. The van der Waals surface area contributed by atoms with Crippen LogP contribution >= 0.6 is 23.2 Å². The smallest absolute Gasteiger partial charge is 0.282 e. The van der Waals surface area contributed by atoms with Gasteiger partial charge in [-0.05, 0) is 32.0 Å². The van der Waals surface area contributed by atoms with Crippen molar-refractivity contribution in [2.45, 2.75) is 13.8 Å². The largest absolute Gasteiger partial charge is 0.291 e. The first-order chi connectivity index (χ1) is 9.47. The van der Waals surface area contributed by atoms with E-state index in [-0.39, 0.29) is 5.69 Å². The minimum Gasteiger partial charge on any atom is -0.282 e. The fraction of sp³-hybridized carbons (Fsp3) is 0.154. The van der Waals surface area contributed by atoms with E-state index < -0.39 is 5.91 Å². The first-order valence-electron chi connectivity index (χ1n) is 5.79. The van der Waals surface area contributed by atoms with Crippen molar-refractivity contribution in [3.63, 3.8) is 0 Å². The van der Waals surface area contributed by atoms with Crippen LogP contribution in [0.2, 0.25) is 10.0 Å². The molecule has 1 aromatic heterocycles. The highest BCUT2D eigenvalue weighted by Gasteiger charge is 2.09. The van der Waals surface area contributed by atoms with Crippen molar-refractivity contribution in [1.82, 2.24) is 15.6 Å². The second kappa shape index (κ2) is 6.07. The number of aromatic amines is 1. The zero-order valence-corrected chi connectivity index (χ0v) is 12.4. The first-order valence-corrected chi connectivity index (χ1v) is 6.55. The maximum absolute atomic E-state index is 11.8. The molecule has 0 atom stereocenters. The lowest BCUT2D eigenvalue weighted by Crippen LogP contribution is -2.19. The molecular formula is C13H12Cl2N4O. The molecule has 0 saturated carbocycles. The van der Waals surface area contributed by atoms with Gasteiger partial charge in [0.05, 0.1) is 10.7 Å². The molecule has 0 aliphatic rings. The molecule has 1 heterocycles. The SMILES string of the molecule is C/C(=N\NC(=O)c1cc(C)[nH]n1)c1ccc(Cl)cc1Cl. The summed E-state index contributed by atoms with van der Waals surface area (Å²) in [6, 6.07) is 6.71. The lowest BCUT2D eigenvalue weighted by atomic mass is 10.1. The topological polar surface area (TPSA) is 70.1 Å². The maximum atomic E-state index is 11.8. The van der Waals surface area contributed by atoms with Crippen molar-refractivity contribution in [3.8, 4) is 0 Å². The molecule has 2 rings (SSSR count). The third-order valence-electron chi connectivity index (χ3n) is 2.58. The van der Waals surface area contributed by atoms with E-state index in [1.807, 2.05) is 6.92 Å². The van der Waals surface area contributed by atoms with Crippen LogP contribution in [0.1, 0.15) is 28.7 Å². The number of carbonyl (C=O) groups is 1. The normalized spacial score (nSPS) is 11.5. The van der Waals surface area contributed by atoms with Gasteiger partial charge in [-0.15, -0.1) is 0 Å². The predicted octanol–water partition coefficient (Wildman–Crippen LogP) is 3.18. The van der Waals surface area contributed by atoms with Crippen LogP contribution in [-0.2, 0) is 0 Å². The highest BCUT2D eigenvalue weighted by Crippen LogP contribution is 2.21. The summed E-state index contributed by atoms with van der Waals surface area (Å²) in [5.74, 6) is -0.390.